The average molecular weight is 713 g/mol. The maximum absolute atomic E-state index is 15.2. The number of nitrogens with one attached hydrogen (secondary N) is 2. The summed E-state index contributed by atoms with van der Waals surface area (Å²) in [7, 11) is 0. The van der Waals surface area contributed by atoms with Crippen molar-refractivity contribution >= 4 is 30.1 Å². The second kappa shape index (κ2) is 12.8. The zero-order valence-corrected chi connectivity index (χ0v) is 27.5. The van der Waals surface area contributed by atoms with Crippen LogP contribution in [0.3, 0.4) is 0 Å². The Morgan fingerprint density at radius 2 is 1.92 bits per heavy atom. The molecule has 0 radical (unpaired) electrons. The number of amides is 1. The van der Waals surface area contributed by atoms with E-state index in [0.717, 1.165) is 12.1 Å². The van der Waals surface area contributed by atoms with E-state index in [4.69, 9.17) is 0 Å². The highest BCUT2D eigenvalue weighted by atomic mass is 19.4. The highest BCUT2D eigenvalue weighted by Gasteiger charge is 2.68. The molecule has 3 heterocycles. The number of aromatic nitrogens is 4. The molecule has 266 valence electrons. The minimum Gasteiger partial charge on any atom is -0.378 e. The van der Waals surface area contributed by atoms with Crippen molar-refractivity contribution in [1.82, 2.24) is 25.1 Å². The molecule has 0 saturated heterocycles. The molecular weight excluding hydrogens is 681 g/mol. The van der Waals surface area contributed by atoms with Gasteiger partial charge < -0.3 is 15.4 Å². The summed E-state index contributed by atoms with van der Waals surface area (Å²) in [6.45, 7) is 7.16. The van der Waals surface area contributed by atoms with Crippen LogP contribution >= 0.6 is 0 Å². The van der Waals surface area contributed by atoms with E-state index in [0.29, 0.717) is 33.3 Å². The van der Waals surface area contributed by atoms with Crippen LogP contribution in [0.25, 0.3) is 11.6 Å². The van der Waals surface area contributed by atoms with Crippen molar-refractivity contribution in [3.63, 3.8) is 0 Å². The minimum absolute atomic E-state index is 0.0786. The molecule has 0 aliphatic heterocycles. The first-order valence-electron chi connectivity index (χ1n) is 15.8. The van der Waals surface area contributed by atoms with Crippen molar-refractivity contribution in [2.45, 2.75) is 69.8 Å². The van der Waals surface area contributed by atoms with Crippen molar-refractivity contribution in [3.05, 3.63) is 99.3 Å². The number of pyridine rings is 1. The van der Waals surface area contributed by atoms with E-state index in [-0.39, 0.29) is 29.8 Å². The first-order valence-corrected chi connectivity index (χ1v) is 15.8. The van der Waals surface area contributed by atoms with Crippen molar-refractivity contribution in [2.24, 2.45) is 10.9 Å². The van der Waals surface area contributed by atoms with E-state index in [1.807, 2.05) is 0 Å². The van der Waals surface area contributed by atoms with Gasteiger partial charge in [0.05, 0.1) is 11.7 Å². The number of fused-ring (bicyclic) bond motifs is 3. The van der Waals surface area contributed by atoms with Gasteiger partial charge in [-0.05, 0) is 99.7 Å². The topological polar surface area (TPSA) is 108 Å². The molecule has 15 heteroatoms. The number of rotatable bonds is 9. The van der Waals surface area contributed by atoms with Crippen LogP contribution in [0.1, 0.15) is 84.2 Å². The van der Waals surface area contributed by atoms with Gasteiger partial charge in [0.25, 0.3) is 5.92 Å². The van der Waals surface area contributed by atoms with Gasteiger partial charge in [0.15, 0.2) is 5.69 Å². The van der Waals surface area contributed by atoms with Gasteiger partial charge in [-0.3, -0.25) is 9.48 Å². The molecule has 0 bridgehead atoms. The molecule has 1 amide bonds. The van der Waals surface area contributed by atoms with Gasteiger partial charge >= 0.3 is 6.18 Å². The van der Waals surface area contributed by atoms with Crippen molar-refractivity contribution in [3.8, 4) is 11.8 Å². The Kier molecular flexibility index (Phi) is 8.95. The number of nitrogens with zero attached hydrogens (tertiary/aromatic N) is 4. The SMILES string of the molecule is C=Nc1[nH]ccc1/C=C(\C)c1ccc(C#CC(C)(C)O)nc1[C@H](Cc1cc(F)cc(F)c1)NC(=O)Cn1nc(C(F)(F)F)c2c1C(F)(F)[C@@H]1C[C@H]21. The second-order valence-corrected chi connectivity index (χ2v) is 13.1. The number of hydrogen-bond donors (Lipinski definition) is 3. The third-order valence-corrected chi connectivity index (χ3v) is 8.65. The van der Waals surface area contributed by atoms with Gasteiger partial charge in [-0.1, -0.05) is 5.92 Å². The lowest BCUT2D eigenvalue weighted by molar-refractivity contribution is -0.142. The number of allylic oxidation sites excluding steroid dienone is 1. The highest BCUT2D eigenvalue weighted by molar-refractivity contribution is 5.84. The van der Waals surface area contributed by atoms with E-state index < -0.39 is 76.6 Å². The number of benzene rings is 1. The maximum Gasteiger partial charge on any atom is 0.435 e. The lowest BCUT2D eigenvalue weighted by Crippen LogP contribution is -2.35. The number of hydrogen-bond acceptors (Lipinski definition) is 5. The Morgan fingerprint density at radius 3 is 2.57 bits per heavy atom. The zero-order chi connectivity index (χ0) is 37.0. The summed E-state index contributed by atoms with van der Waals surface area (Å²) >= 11 is 0. The predicted octanol–water partition coefficient (Wildman–Crippen LogP) is 7.23. The summed E-state index contributed by atoms with van der Waals surface area (Å²) in [6, 6.07) is 6.41. The van der Waals surface area contributed by atoms with Crippen molar-refractivity contribution in [1.29, 1.82) is 0 Å². The molecule has 6 rings (SSSR count). The zero-order valence-electron chi connectivity index (χ0n) is 27.5. The molecule has 1 saturated carbocycles. The second-order valence-electron chi connectivity index (χ2n) is 13.1. The number of aliphatic hydroxyl groups is 1. The number of H-pyrrole nitrogens is 1. The molecule has 3 atom stereocenters. The van der Waals surface area contributed by atoms with Crippen molar-refractivity contribution < 1.29 is 40.6 Å². The standard InChI is InChI=1S/C36H31F7N6O2/c1-18(11-20-8-10-45-33(20)44-4)24-6-5-23(7-9-34(2,3)51)46-30(24)27(14-19-12-21(37)15-22(38)13-19)47-28(50)17-49-32-29(31(48-49)36(41,42)43)25-16-26(25)35(32,39)40/h5-6,8,10-13,15,25-27,45,51H,4,14,16-17H2,1-3H3,(H,47,50)/b18-11+/t25-,26+,27-/m0/s1. The summed E-state index contributed by atoms with van der Waals surface area (Å²) in [5, 5.41) is 16.3. The van der Waals surface area contributed by atoms with E-state index in [1.54, 1.807) is 37.4 Å². The molecule has 51 heavy (non-hydrogen) atoms. The lowest BCUT2D eigenvalue weighted by Gasteiger charge is -2.23. The van der Waals surface area contributed by atoms with E-state index in [1.165, 1.54) is 13.8 Å². The molecule has 1 aromatic carbocycles. The summed E-state index contributed by atoms with van der Waals surface area (Å²) in [6.07, 6.45) is -2.05. The average Bonchev–Trinajstić information content (AvgIpc) is 3.45. The summed E-state index contributed by atoms with van der Waals surface area (Å²) in [5.41, 5.74) is -2.43. The third kappa shape index (κ3) is 7.32. The fourth-order valence-electron chi connectivity index (χ4n) is 6.45. The van der Waals surface area contributed by atoms with Crippen LogP contribution in [0.5, 0.6) is 0 Å². The molecule has 2 aliphatic carbocycles. The minimum atomic E-state index is -5.03. The number of aromatic amines is 1. The van der Waals surface area contributed by atoms with E-state index >= 15 is 8.78 Å². The van der Waals surface area contributed by atoms with Crippen LogP contribution in [0.4, 0.5) is 36.6 Å². The van der Waals surface area contributed by atoms with Crippen LogP contribution in [0.2, 0.25) is 0 Å². The Hall–Kier alpha value is -5.23. The number of carbonyl (C=O) groups is 1. The number of alkyl halides is 5. The number of halogens is 7. The van der Waals surface area contributed by atoms with Gasteiger partial charge in [-0.15, -0.1) is 0 Å². The smallest absolute Gasteiger partial charge is 0.378 e. The quantitative estimate of drug-likeness (QED) is 0.0968. The Morgan fingerprint density at radius 1 is 1.22 bits per heavy atom. The first kappa shape index (κ1) is 35.6. The molecule has 1 fully saturated rings. The fourth-order valence-corrected chi connectivity index (χ4v) is 6.45. The molecule has 3 aromatic heterocycles. The molecule has 0 spiro atoms. The summed E-state index contributed by atoms with van der Waals surface area (Å²) < 4.78 is 101. The van der Waals surface area contributed by atoms with Crippen LogP contribution in [-0.4, -0.2) is 43.1 Å². The van der Waals surface area contributed by atoms with Gasteiger partial charge in [0, 0.05) is 34.9 Å². The number of carbonyl (C=O) groups excluding carboxylic acids is 1. The summed E-state index contributed by atoms with van der Waals surface area (Å²) in [4.78, 5) is 25.2. The largest absolute Gasteiger partial charge is 0.435 e. The van der Waals surface area contributed by atoms with Gasteiger partial charge in [-0.2, -0.15) is 27.1 Å². The molecule has 3 N–H and O–H groups in total. The fraction of sp³-hybridized carbons (Fsp3) is 0.333. The maximum atomic E-state index is 15.2. The van der Waals surface area contributed by atoms with Gasteiger partial charge in [0.2, 0.25) is 5.91 Å². The van der Waals surface area contributed by atoms with Crippen LogP contribution < -0.4 is 5.32 Å². The molecule has 4 aromatic rings. The Labute approximate surface area is 287 Å². The predicted molar refractivity (Wildman–Crippen MR) is 174 cm³/mol. The van der Waals surface area contributed by atoms with Crippen LogP contribution in [0.15, 0.2) is 47.6 Å². The highest BCUT2D eigenvalue weighted by Crippen LogP contribution is 2.68. The lowest BCUT2D eigenvalue weighted by atomic mass is 9.94. The molecule has 2 aliphatic rings. The van der Waals surface area contributed by atoms with Crippen molar-refractivity contribution in [2.75, 3.05) is 0 Å². The third-order valence-electron chi connectivity index (χ3n) is 8.65. The van der Waals surface area contributed by atoms with Gasteiger partial charge in [-0.25, -0.2) is 18.8 Å². The normalized spacial score (nSPS) is 18.4. The monoisotopic (exact) mass is 712 g/mol. The molecule has 0 unspecified atom stereocenters. The van der Waals surface area contributed by atoms with Gasteiger partial charge in [0.1, 0.15) is 41.0 Å². The van der Waals surface area contributed by atoms with E-state index in [2.05, 4.69) is 43.9 Å². The van der Waals surface area contributed by atoms with Crippen LogP contribution in [0, 0.1) is 29.4 Å². The Bertz CT molecular complexity index is 2110. The number of aliphatic imine (C=N–C) groups is 1. The van der Waals surface area contributed by atoms with Crippen LogP contribution in [-0.2, 0) is 29.9 Å². The molecule has 8 nitrogen and oxygen atoms in total. The van der Waals surface area contributed by atoms with E-state index in [9.17, 15) is 31.9 Å². The first-order chi connectivity index (χ1) is 23.9. The molecular formula is C36H31F7N6O2. The Balaban J connectivity index is 1.44. The summed E-state index contributed by atoms with van der Waals surface area (Å²) in [5.74, 6) is -2.93.